The fourth-order valence-electron chi connectivity index (χ4n) is 2.71. The summed E-state index contributed by atoms with van der Waals surface area (Å²) in [4.78, 5) is 8.27. The highest BCUT2D eigenvalue weighted by Gasteiger charge is 2.17. The van der Waals surface area contributed by atoms with E-state index in [4.69, 9.17) is 4.74 Å². The highest BCUT2D eigenvalue weighted by Crippen LogP contribution is 2.25. The normalized spacial score (nSPS) is 18.5. The molecule has 6 heteroatoms. The number of rotatable bonds is 3. The van der Waals surface area contributed by atoms with Gasteiger partial charge >= 0.3 is 0 Å². The lowest BCUT2D eigenvalue weighted by Crippen LogP contribution is -2.33. The standard InChI is InChI=1S/C16H17N5O/c1-4-20(11-18-1)14-7-13(16-10-17-3-6-22-16)8-15(9-14)21-5-2-19-12-21/h1-2,4-5,7-9,11-12,16-17H,3,6,10H2. The van der Waals surface area contributed by atoms with Gasteiger partial charge in [-0.1, -0.05) is 0 Å². The number of hydrogen-bond donors (Lipinski definition) is 1. The molecule has 1 fully saturated rings. The predicted octanol–water partition coefficient (Wildman–Crippen LogP) is 1.72. The molecule has 0 spiro atoms. The number of nitrogens with one attached hydrogen (secondary N) is 1. The van der Waals surface area contributed by atoms with Crippen LogP contribution >= 0.6 is 0 Å². The van der Waals surface area contributed by atoms with Crippen LogP contribution in [0.5, 0.6) is 0 Å². The van der Waals surface area contributed by atoms with Gasteiger partial charge in [-0.25, -0.2) is 9.97 Å². The zero-order chi connectivity index (χ0) is 14.8. The van der Waals surface area contributed by atoms with Crippen molar-refractivity contribution < 1.29 is 4.74 Å². The Labute approximate surface area is 128 Å². The van der Waals surface area contributed by atoms with Gasteiger partial charge in [-0.15, -0.1) is 0 Å². The maximum Gasteiger partial charge on any atom is 0.0991 e. The summed E-state index contributed by atoms with van der Waals surface area (Å²) in [6.45, 7) is 2.48. The summed E-state index contributed by atoms with van der Waals surface area (Å²) in [5.74, 6) is 0. The van der Waals surface area contributed by atoms with E-state index in [2.05, 4.69) is 33.5 Å². The Morgan fingerprint density at radius 2 is 1.68 bits per heavy atom. The molecular formula is C16H17N5O. The lowest BCUT2D eigenvalue weighted by atomic mass is 10.1. The number of nitrogens with zero attached hydrogens (tertiary/aromatic N) is 4. The Bertz CT molecular complexity index is 678. The summed E-state index contributed by atoms with van der Waals surface area (Å²) >= 11 is 0. The SMILES string of the molecule is c1cn(-c2cc(C3CNCCO3)cc(-n3ccnc3)c2)cn1. The van der Waals surface area contributed by atoms with Gasteiger partial charge in [0.1, 0.15) is 0 Å². The third kappa shape index (κ3) is 2.54. The first kappa shape index (κ1) is 13.2. The number of hydrogen-bond acceptors (Lipinski definition) is 4. The molecule has 112 valence electrons. The quantitative estimate of drug-likeness (QED) is 0.799. The molecule has 6 nitrogen and oxygen atoms in total. The van der Waals surface area contributed by atoms with Crippen LogP contribution in [0.3, 0.4) is 0 Å². The van der Waals surface area contributed by atoms with E-state index in [0.717, 1.165) is 36.6 Å². The van der Waals surface area contributed by atoms with Crippen LogP contribution in [0.25, 0.3) is 11.4 Å². The second-order valence-corrected chi connectivity index (χ2v) is 5.29. The van der Waals surface area contributed by atoms with E-state index in [9.17, 15) is 0 Å². The minimum absolute atomic E-state index is 0.0690. The van der Waals surface area contributed by atoms with Gasteiger partial charge in [-0.3, -0.25) is 0 Å². The zero-order valence-electron chi connectivity index (χ0n) is 12.1. The highest BCUT2D eigenvalue weighted by molar-refractivity contribution is 5.48. The summed E-state index contributed by atoms with van der Waals surface area (Å²) in [5, 5.41) is 3.38. The van der Waals surface area contributed by atoms with Crippen LogP contribution in [0, 0.1) is 0 Å². The minimum Gasteiger partial charge on any atom is -0.371 e. The molecule has 0 radical (unpaired) electrons. The lowest BCUT2D eigenvalue weighted by Gasteiger charge is -2.25. The lowest BCUT2D eigenvalue weighted by molar-refractivity contribution is 0.0277. The van der Waals surface area contributed by atoms with Crippen LogP contribution in [-0.4, -0.2) is 38.8 Å². The maximum atomic E-state index is 5.90. The Morgan fingerprint density at radius 1 is 1.00 bits per heavy atom. The molecule has 1 N–H and O–H groups in total. The van der Waals surface area contributed by atoms with Gasteiger partial charge in [0.2, 0.25) is 0 Å². The van der Waals surface area contributed by atoms with Gasteiger partial charge in [-0.05, 0) is 23.8 Å². The number of imidazole rings is 2. The van der Waals surface area contributed by atoms with Gasteiger partial charge in [0.05, 0.1) is 25.4 Å². The van der Waals surface area contributed by atoms with Crippen molar-refractivity contribution in [2.24, 2.45) is 0 Å². The average Bonchev–Trinajstić information content (AvgIpc) is 3.29. The summed E-state index contributed by atoms with van der Waals surface area (Å²) in [6, 6.07) is 6.42. The molecule has 0 saturated carbocycles. The molecule has 2 aromatic heterocycles. The first-order chi connectivity index (χ1) is 10.9. The van der Waals surface area contributed by atoms with Crippen molar-refractivity contribution in [3.63, 3.8) is 0 Å². The first-order valence-electron chi connectivity index (χ1n) is 7.34. The number of morpholine rings is 1. The van der Waals surface area contributed by atoms with E-state index in [1.54, 1.807) is 25.0 Å². The second kappa shape index (κ2) is 5.75. The maximum absolute atomic E-state index is 5.90. The molecule has 0 aliphatic carbocycles. The third-order valence-corrected chi connectivity index (χ3v) is 3.83. The van der Waals surface area contributed by atoms with Crippen molar-refractivity contribution in [2.45, 2.75) is 6.10 Å². The second-order valence-electron chi connectivity index (χ2n) is 5.29. The molecular weight excluding hydrogens is 278 g/mol. The van der Waals surface area contributed by atoms with Gasteiger partial charge in [0.25, 0.3) is 0 Å². The fourth-order valence-corrected chi connectivity index (χ4v) is 2.71. The third-order valence-electron chi connectivity index (χ3n) is 3.83. The molecule has 3 heterocycles. The molecule has 0 amide bonds. The Morgan fingerprint density at radius 3 is 2.18 bits per heavy atom. The van der Waals surface area contributed by atoms with Crippen molar-refractivity contribution in [1.29, 1.82) is 0 Å². The molecule has 1 aliphatic rings. The number of benzene rings is 1. The van der Waals surface area contributed by atoms with E-state index in [1.807, 2.05) is 21.5 Å². The van der Waals surface area contributed by atoms with Crippen LogP contribution in [0.1, 0.15) is 11.7 Å². The van der Waals surface area contributed by atoms with E-state index in [1.165, 1.54) is 0 Å². The Balaban J connectivity index is 1.80. The van der Waals surface area contributed by atoms with Crippen LogP contribution in [0.4, 0.5) is 0 Å². The van der Waals surface area contributed by atoms with Crippen LogP contribution in [0.15, 0.2) is 55.6 Å². The van der Waals surface area contributed by atoms with Crippen molar-refractivity contribution in [1.82, 2.24) is 24.4 Å². The van der Waals surface area contributed by atoms with Crippen molar-refractivity contribution in [2.75, 3.05) is 19.7 Å². The molecule has 1 aliphatic heterocycles. The predicted molar refractivity (Wildman–Crippen MR) is 82.2 cm³/mol. The van der Waals surface area contributed by atoms with Crippen LogP contribution in [-0.2, 0) is 4.74 Å². The largest absolute Gasteiger partial charge is 0.371 e. The van der Waals surface area contributed by atoms with Gasteiger partial charge in [-0.2, -0.15) is 0 Å². The summed E-state index contributed by atoms with van der Waals surface area (Å²) < 4.78 is 9.90. The van der Waals surface area contributed by atoms with E-state index in [0.29, 0.717) is 0 Å². The summed E-state index contributed by atoms with van der Waals surface area (Å²) in [5.41, 5.74) is 3.28. The Hall–Kier alpha value is -2.44. The molecule has 4 rings (SSSR count). The van der Waals surface area contributed by atoms with Crippen molar-refractivity contribution in [3.8, 4) is 11.4 Å². The monoisotopic (exact) mass is 295 g/mol. The molecule has 1 saturated heterocycles. The van der Waals surface area contributed by atoms with Gasteiger partial charge in [0.15, 0.2) is 0 Å². The van der Waals surface area contributed by atoms with E-state index in [-0.39, 0.29) is 6.10 Å². The van der Waals surface area contributed by atoms with Crippen molar-refractivity contribution in [3.05, 3.63) is 61.2 Å². The van der Waals surface area contributed by atoms with Crippen molar-refractivity contribution >= 4 is 0 Å². The van der Waals surface area contributed by atoms with Gasteiger partial charge in [0, 0.05) is 49.3 Å². The van der Waals surface area contributed by atoms with Gasteiger partial charge < -0.3 is 19.2 Å². The minimum atomic E-state index is 0.0690. The number of ether oxygens (including phenoxy) is 1. The molecule has 0 bridgehead atoms. The molecule has 22 heavy (non-hydrogen) atoms. The molecule has 1 unspecified atom stereocenters. The number of aromatic nitrogens is 4. The summed E-state index contributed by atoms with van der Waals surface area (Å²) in [6.07, 6.45) is 11.1. The zero-order valence-corrected chi connectivity index (χ0v) is 12.1. The molecule has 1 atom stereocenters. The molecule has 1 aromatic carbocycles. The fraction of sp³-hybridized carbons (Fsp3) is 0.250. The topological polar surface area (TPSA) is 56.9 Å². The Kier molecular flexibility index (Phi) is 3.46. The van der Waals surface area contributed by atoms with Crippen LogP contribution in [0.2, 0.25) is 0 Å². The highest BCUT2D eigenvalue weighted by atomic mass is 16.5. The van der Waals surface area contributed by atoms with E-state index < -0.39 is 0 Å². The summed E-state index contributed by atoms with van der Waals surface area (Å²) in [7, 11) is 0. The smallest absolute Gasteiger partial charge is 0.0991 e. The average molecular weight is 295 g/mol. The van der Waals surface area contributed by atoms with Crippen LogP contribution < -0.4 is 5.32 Å². The first-order valence-corrected chi connectivity index (χ1v) is 7.34. The molecule has 3 aromatic rings. The van der Waals surface area contributed by atoms with E-state index >= 15 is 0 Å².